The maximum atomic E-state index is 5.85. The topological polar surface area (TPSA) is 30.5 Å². The molecule has 142 valence electrons. The molecule has 0 aromatic heterocycles. The predicted molar refractivity (Wildman–Crippen MR) is 110 cm³/mol. The van der Waals surface area contributed by atoms with E-state index in [0.29, 0.717) is 0 Å². The smallest absolute Gasteiger partial charge is 0.121 e. The predicted octanol–water partition coefficient (Wildman–Crippen LogP) is 6.44. The molecule has 2 aromatic rings. The average Bonchev–Trinajstić information content (AvgIpc) is 2.67. The Morgan fingerprint density at radius 3 is 2.46 bits per heavy atom. The van der Waals surface area contributed by atoms with Crippen LogP contribution in [0.1, 0.15) is 58.4 Å². The van der Waals surface area contributed by atoms with Crippen LogP contribution in [-0.2, 0) is 6.54 Å². The van der Waals surface area contributed by atoms with Crippen LogP contribution in [0.4, 0.5) is 5.69 Å². The van der Waals surface area contributed by atoms with Crippen molar-refractivity contribution in [2.45, 2.75) is 65.5 Å². The zero-order chi connectivity index (χ0) is 18.6. The second kappa shape index (κ2) is 11.5. The van der Waals surface area contributed by atoms with E-state index in [1.807, 2.05) is 24.3 Å². The molecule has 0 heterocycles. The molecule has 1 N–H and O–H groups in total. The van der Waals surface area contributed by atoms with Gasteiger partial charge in [-0.3, -0.25) is 0 Å². The summed E-state index contributed by atoms with van der Waals surface area (Å²) in [6.45, 7) is 8.02. The second-order valence-electron chi connectivity index (χ2n) is 6.77. The molecule has 0 saturated carbocycles. The van der Waals surface area contributed by atoms with Gasteiger partial charge in [0, 0.05) is 18.3 Å². The molecule has 0 spiro atoms. The lowest BCUT2D eigenvalue weighted by molar-refractivity contribution is 0.217. The first-order valence-corrected chi connectivity index (χ1v) is 9.93. The first-order valence-electron chi connectivity index (χ1n) is 9.93. The number of anilines is 1. The molecule has 1 atom stereocenters. The van der Waals surface area contributed by atoms with Crippen molar-refractivity contribution >= 4 is 5.69 Å². The second-order valence-corrected chi connectivity index (χ2v) is 6.77. The van der Waals surface area contributed by atoms with Crippen LogP contribution in [0.3, 0.4) is 0 Å². The molecule has 0 bridgehead atoms. The largest absolute Gasteiger partial charge is 0.494 e. The van der Waals surface area contributed by atoms with Crippen molar-refractivity contribution in [1.29, 1.82) is 0 Å². The fourth-order valence-corrected chi connectivity index (χ4v) is 2.62. The molecule has 3 heteroatoms. The van der Waals surface area contributed by atoms with E-state index in [4.69, 9.17) is 9.47 Å². The highest BCUT2D eigenvalue weighted by molar-refractivity contribution is 5.48. The van der Waals surface area contributed by atoms with E-state index < -0.39 is 0 Å². The Hall–Kier alpha value is -2.16. The number of ether oxygens (including phenoxy) is 2. The Morgan fingerprint density at radius 1 is 0.923 bits per heavy atom. The van der Waals surface area contributed by atoms with Gasteiger partial charge in [0.05, 0.1) is 12.7 Å². The van der Waals surface area contributed by atoms with E-state index in [1.54, 1.807) is 0 Å². The van der Waals surface area contributed by atoms with Crippen molar-refractivity contribution in [3.8, 4) is 11.5 Å². The highest BCUT2D eigenvalue weighted by Crippen LogP contribution is 2.20. The summed E-state index contributed by atoms with van der Waals surface area (Å²) >= 11 is 0. The van der Waals surface area contributed by atoms with Gasteiger partial charge in [-0.2, -0.15) is 0 Å². The quantitative estimate of drug-likeness (QED) is 0.445. The number of unbranched alkanes of at least 4 members (excludes halogenated alkanes) is 3. The molecule has 2 aromatic carbocycles. The number of nitrogens with one attached hydrogen (secondary N) is 1. The minimum Gasteiger partial charge on any atom is -0.494 e. The van der Waals surface area contributed by atoms with Crippen molar-refractivity contribution in [2.75, 3.05) is 11.9 Å². The molecule has 26 heavy (non-hydrogen) atoms. The lowest BCUT2D eigenvalue weighted by Gasteiger charge is -2.13. The van der Waals surface area contributed by atoms with Gasteiger partial charge in [-0.15, -0.1) is 0 Å². The molecule has 0 fully saturated rings. The normalized spacial score (nSPS) is 11.8. The summed E-state index contributed by atoms with van der Waals surface area (Å²) < 4.78 is 11.7. The molecule has 0 aliphatic carbocycles. The van der Waals surface area contributed by atoms with E-state index in [2.05, 4.69) is 50.4 Å². The molecule has 3 nitrogen and oxygen atoms in total. The van der Waals surface area contributed by atoms with Gasteiger partial charge in [0.1, 0.15) is 11.5 Å². The summed E-state index contributed by atoms with van der Waals surface area (Å²) in [5, 5.41) is 3.46. The van der Waals surface area contributed by atoms with E-state index in [-0.39, 0.29) is 6.10 Å². The third kappa shape index (κ3) is 7.38. The highest BCUT2D eigenvalue weighted by Gasteiger charge is 2.02. The fourth-order valence-electron chi connectivity index (χ4n) is 2.62. The van der Waals surface area contributed by atoms with Crippen molar-refractivity contribution in [3.05, 3.63) is 54.1 Å². The monoisotopic (exact) mass is 355 g/mol. The van der Waals surface area contributed by atoms with Gasteiger partial charge in [-0.25, -0.2) is 0 Å². The van der Waals surface area contributed by atoms with Crippen LogP contribution in [0, 0.1) is 0 Å². The van der Waals surface area contributed by atoms with Crippen LogP contribution < -0.4 is 14.8 Å². The van der Waals surface area contributed by atoms with Crippen LogP contribution in [0.2, 0.25) is 0 Å². The highest BCUT2D eigenvalue weighted by atomic mass is 16.5. The van der Waals surface area contributed by atoms with Gasteiger partial charge in [-0.05, 0) is 49.6 Å². The third-order valence-electron chi connectivity index (χ3n) is 4.43. The number of benzene rings is 2. The molecule has 0 saturated heterocycles. The summed E-state index contributed by atoms with van der Waals surface area (Å²) in [6, 6.07) is 16.5. The lowest BCUT2D eigenvalue weighted by atomic mass is 10.2. The maximum Gasteiger partial charge on any atom is 0.121 e. The Kier molecular flexibility index (Phi) is 8.88. The Morgan fingerprint density at radius 2 is 1.73 bits per heavy atom. The van der Waals surface area contributed by atoms with Gasteiger partial charge in [0.15, 0.2) is 0 Å². The molecular formula is C23H33NO2. The van der Waals surface area contributed by atoms with Gasteiger partial charge in [0.2, 0.25) is 0 Å². The minimum absolute atomic E-state index is 0.253. The molecule has 0 aliphatic rings. The Bertz CT molecular complexity index is 624. The molecule has 0 radical (unpaired) electrons. The Balaban J connectivity index is 1.79. The molecule has 1 unspecified atom stereocenters. The minimum atomic E-state index is 0.253. The third-order valence-corrected chi connectivity index (χ3v) is 4.43. The summed E-state index contributed by atoms with van der Waals surface area (Å²) in [7, 11) is 0. The van der Waals surface area contributed by atoms with Crippen LogP contribution in [-0.4, -0.2) is 12.7 Å². The molecular weight excluding hydrogens is 322 g/mol. The van der Waals surface area contributed by atoms with E-state index in [0.717, 1.165) is 43.2 Å². The first-order chi connectivity index (χ1) is 12.7. The first kappa shape index (κ1) is 20.2. The van der Waals surface area contributed by atoms with Crippen molar-refractivity contribution < 1.29 is 9.47 Å². The van der Waals surface area contributed by atoms with Crippen LogP contribution in [0.15, 0.2) is 48.5 Å². The number of rotatable bonds is 12. The standard InChI is InChI=1S/C23H33NO2/c1-4-6-7-8-16-25-23-11-9-10-21(17-23)24-18-20-12-14-22(15-13-20)26-19(3)5-2/h9-15,17,19,24H,4-8,16,18H2,1-3H3. The zero-order valence-electron chi connectivity index (χ0n) is 16.5. The van der Waals surface area contributed by atoms with Gasteiger partial charge in [0.25, 0.3) is 0 Å². The zero-order valence-corrected chi connectivity index (χ0v) is 16.5. The van der Waals surface area contributed by atoms with Crippen LogP contribution >= 0.6 is 0 Å². The maximum absolute atomic E-state index is 5.85. The SMILES string of the molecule is CCCCCCOc1cccc(NCc2ccc(OC(C)CC)cc2)c1. The molecule has 0 aliphatic heterocycles. The summed E-state index contributed by atoms with van der Waals surface area (Å²) in [6.07, 6.45) is 6.17. The van der Waals surface area contributed by atoms with Crippen molar-refractivity contribution in [3.63, 3.8) is 0 Å². The lowest BCUT2D eigenvalue weighted by Crippen LogP contribution is -2.09. The summed E-state index contributed by atoms with van der Waals surface area (Å²) in [5.74, 6) is 1.87. The van der Waals surface area contributed by atoms with Crippen LogP contribution in [0.5, 0.6) is 11.5 Å². The number of hydrogen-bond donors (Lipinski definition) is 1. The average molecular weight is 356 g/mol. The van der Waals surface area contributed by atoms with Crippen molar-refractivity contribution in [2.24, 2.45) is 0 Å². The van der Waals surface area contributed by atoms with Gasteiger partial charge in [-0.1, -0.05) is 51.3 Å². The van der Waals surface area contributed by atoms with E-state index >= 15 is 0 Å². The summed E-state index contributed by atoms with van der Waals surface area (Å²) in [5.41, 5.74) is 2.31. The molecule has 2 rings (SSSR count). The van der Waals surface area contributed by atoms with E-state index in [1.165, 1.54) is 24.8 Å². The van der Waals surface area contributed by atoms with E-state index in [9.17, 15) is 0 Å². The molecule has 0 amide bonds. The van der Waals surface area contributed by atoms with Crippen molar-refractivity contribution in [1.82, 2.24) is 0 Å². The fraction of sp³-hybridized carbons (Fsp3) is 0.478. The van der Waals surface area contributed by atoms with Gasteiger partial charge < -0.3 is 14.8 Å². The Labute approximate surface area is 158 Å². The van der Waals surface area contributed by atoms with Crippen LogP contribution in [0.25, 0.3) is 0 Å². The number of hydrogen-bond acceptors (Lipinski definition) is 3. The summed E-state index contributed by atoms with van der Waals surface area (Å²) in [4.78, 5) is 0. The van der Waals surface area contributed by atoms with Gasteiger partial charge >= 0.3 is 0 Å².